The van der Waals surface area contributed by atoms with E-state index in [1.807, 2.05) is 51.1 Å². The molecule has 2 aromatic carbocycles. The van der Waals surface area contributed by atoms with Crippen molar-refractivity contribution in [3.8, 4) is 0 Å². The quantitative estimate of drug-likeness (QED) is 0.839. The van der Waals surface area contributed by atoms with Crippen molar-refractivity contribution in [1.82, 2.24) is 5.32 Å². The Hall–Kier alpha value is -2.55. The second kappa shape index (κ2) is 6.52. The van der Waals surface area contributed by atoms with E-state index in [0.717, 1.165) is 11.1 Å². The van der Waals surface area contributed by atoms with Crippen LogP contribution in [0.25, 0.3) is 6.08 Å². The summed E-state index contributed by atoms with van der Waals surface area (Å²) in [5, 5.41) is 3.07. The smallest absolute Gasteiger partial charge is 0.408 e. The Labute approximate surface area is 143 Å². The van der Waals surface area contributed by atoms with Crippen LogP contribution >= 0.6 is 0 Å². The maximum absolute atomic E-state index is 12.4. The number of hydrogen-bond acceptors (Lipinski definition) is 2. The van der Waals surface area contributed by atoms with Gasteiger partial charge in [0.25, 0.3) is 0 Å². The molecule has 3 nitrogen and oxygen atoms in total. The minimum absolute atomic E-state index is 0.0774. The molecule has 1 amide bonds. The molecule has 2 aromatic rings. The number of amides is 1. The molecule has 0 radical (unpaired) electrons. The number of carbonyl (C=O) groups is 1. The summed E-state index contributed by atoms with van der Waals surface area (Å²) >= 11 is 0. The zero-order chi connectivity index (χ0) is 17.2. The van der Waals surface area contributed by atoms with Gasteiger partial charge >= 0.3 is 6.09 Å². The molecule has 1 aliphatic rings. The highest BCUT2D eigenvalue weighted by molar-refractivity contribution is 5.70. The van der Waals surface area contributed by atoms with Gasteiger partial charge in [0.1, 0.15) is 5.60 Å². The Kier molecular flexibility index (Phi) is 4.43. The highest BCUT2D eigenvalue weighted by Gasteiger charge is 2.30. The molecule has 24 heavy (non-hydrogen) atoms. The van der Waals surface area contributed by atoms with Crippen LogP contribution in [0, 0.1) is 0 Å². The topological polar surface area (TPSA) is 38.3 Å². The van der Waals surface area contributed by atoms with Gasteiger partial charge in [-0.3, -0.25) is 0 Å². The molecule has 0 aromatic heterocycles. The number of hydrogen-bond donors (Lipinski definition) is 1. The number of ether oxygens (including phenoxy) is 1. The van der Waals surface area contributed by atoms with Crippen molar-refractivity contribution in [3.63, 3.8) is 0 Å². The summed E-state index contributed by atoms with van der Waals surface area (Å²) in [6.45, 7) is 5.61. The Balaban J connectivity index is 1.93. The summed E-state index contributed by atoms with van der Waals surface area (Å²) in [6, 6.07) is 18.2. The largest absolute Gasteiger partial charge is 0.444 e. The van der Waals surface area contributed by atoms with E-state index in [2.05, 4.69) is 41.7 Å². The Morgan fingerprint density at radius 2 is 1.67 bits per heavy atom. The SMILES string of the molecule is CC(C)(C)OC(=O)N[C@H]1c2ccccc2C=C[C@H]1c1ccccc1. The molecule has 2 atom stereocenters. The molecular weight excluding hydrogens is 298 g/mol. The first-order valence-corrected chi connectivity index (χ1v) is 8.26. The van der Waals surface area contributed by atoms with Gasteiger partial charge in [-0.1, -0.05) is 66.7 Å². The maximum atomic E-state index is 12.4. The summed E-state index contributed by atoms with van der Waals surface area (Å²) in [6.07, 6.45) is 3.89. The van der Waals surface area contributed by atoms with Crippen LogP contribution in [0.3, 0.4) is 0 Å². The molecular formula is C21H23NO2. The van der Waals surface area contributed by atoms with Gasteiger partial charge in [0, 0.05) is 5.92 Å². The molecule has 0 unspecified atom stereocenters. The van der Waals surface area contributed by atoms with Crippen LogP contribution in [0.15, 0.2) is 60.7 Å². The van der Waals surface area contributed by atoms with E-state index in [0.29, 0.717) is 0 Å². The first-order valence-electron chi connectivity index (χ1n) is 8.26. The average Bonchev–Trinajstić information content (AvgIpc) is 2.54. The molecule has 0 saturated heterocycles. The molecule has 124 valence electrons. The second-order valence-electron chi connectivity index (χ2n) is 7.05. The fraction of sp³-hybridized carbons (Fsp3) is 0.286. The van der Waals surface area contributed by atoms with E-state index in [1.165, 1.54) is 5.56 Å². The zero-order valence-corrected chi connectivity index (χ0v) is 14.3. The van der Waals surface area contributed by atoms with Crippen LogP contribution in [0.1, 0.15) is 49.4 Å². The van der Waals surface area contributed by atoms with Gasteiger partial charge in [0.05, 0.1) is 6.04 Å². The predicted molar refractivity (Wildman–Crippen MR) is 96.8 cm³/mol. The van der Waals surface area contributed by atoms with Crippen LogP contribution < -0.4 is 5.32 Å². The van der Waals surface area contributed by atoms with Crippen molar-refractivity contribution < 1.29 is 9.53 Å². The molecule has 3 heteroatoms. The predicted octanol–water partition coefficient (Wildman–Crippen LogP) is 5.06. The third-order valence-electron chi connectivity index (χ3n) is 4.03. The lowest BCUT2D eigenvalue weighted by molar-refractivity contribution is 0.0499. The normalized spacial score (nSPS) is 19.5. The van der Waals surface area contributed by atoms with Crippen LogP contribution in [-0.2, 0) is 4.74 Å². The molecule has 0 spiro atoms. The molecule has 3 rings (SSSR count). The van der Waals surface area contributed by atoms with E-state index in [1.54, 1.807) is 0 Å². The molecule has 1 N–H and O–H groups in total. The molecule has 0 fully saturated rings. The van der Waals surface area contributed by atoms with Crippen molar-refractivity contribution in [2.45, 2.75) is 38.3 Å². The number of rotatable bonds is 2. The van der Waals surface area contributed by atoms with Crippen molar-refractivity contribution in [3.05, 3.63) is 77.4 Å². The lowest BCUT2D eigenvalue weighted by Crippen LogP contribution is -2.37. The lowest BCUT2D eigenvalue weighted by Gasteiger charge is -2.32. The number of fused-ring (bicyclic) bond motifs is 1. The standard InChI is InChI=1S/C21H23NO2/c1-21(2,3)24-20(23)22-19-17-12-8-7-11-16(17)13-14-18(19)15-9-5-4-6-10-15/h4-14,18-19H,1-3H3,(H,22,23)/t18-,19-/m0/s1. The van der Waals surface area contributed by atoms with Crippen LogP contribution in [0.4, 0.5) is 4.79 Å². The monoisotopic (exact) mass is 321 g/mol. The van der Waals surface area contributed by atoms with E-state index in [9.17, 15) is 4.79 Å². The Bertz CT molecular complexity index is 744. The highest BCUT2D eigenvalue weighted by atomic mass is 16.6. The fourth-order valence-electron chi connectivity index (χ4n) is 3.04. The van der Waals surface area contributed by atoms with Gasteiger partial charge in [-0.05, 0) is 37.5 Å². The molecule has 0 bridgehead atoms. The summed E-state index contributed by atoms with van der Waals surface area (Å²) in [4.78, 5) is 12.4. The van der Waals surface area contributed by atoms with E-state index in [4.69, 9.17) is 4.74 Å². The Morgan fingerprint density at radius 3 is 2.38 bits per heavy atom. The first-order chi connectivity index (χ1) is 11.4. The molecule has 1 aliphatic carbocycles. The van der Waals surface area contributed by atoms with Crippen molar-refractivity contribution in [1.29, 1.82) is 0 Å². The minimum atomic E-state index is -0.518. The highest BCUT2D eigenvalue weighted by Crippen LogP contribution is 2.38. The second-order valence-corrected chi connectivity index (χ2v) is 7.05. The third-order valence-corrected chi connectivity index (χ3v) is 4.03. The summed E-state index contributed by atoms with van der Waals surface area (Å²) in [5.41, 5.74) is 2.89. The van der Waals surface area contributed by atoms with Crippen LogP contribution in [0.2, 0.25) is 0 Å². The van der Waals surface area contributed by atoms with Crippen molar-refractivity contribution >= 4 is 12.2 Å². The summed E-state index contributed by atoms with van der Waals surface area (Å²) < 4.78 is 5.47. The van der Waals surface area contributed by atoms with Gasteiger partial charge in [-0.15, -0.1) is 0 Å². The minimum Gasteiger partial charge on any atom is -0.444 e. The van der Waals surface area contributed by atoms with Crippen molar-refractivity contribution in [2.75, 3.05) is 0 Å². The van der Waals surface area contributed by atoms with E-state index >= 15 is 0 Å². The third kappa shape index (κ3) is 3.67. The lowest BCUT2D eigenvalue weighted by atomic mass is 9.81. The molecule has 0 heterocycles. The maximum Gasteiger partial charge on any atom is 0.408 e. The molecule has 0 saturated carbocycles. The van der Waals surface area contributed by atoms with E-state index in [-0.39, 0.29) is 12.0 Å². The number of nitrogens with one attached hydrogen (secondary N) is 1. The fourth-order valence-corrected chi connectivity index (χ4v) is 3.04. The Morgan fingerprint density at radius 1 is 1.00 bits per heavy atom. The summed E-state index contributed by atoms with van der Waals surface area (Å²) in [5.74, 6) is 0.0774. The number of benzene rings is 2. The zero-order valence-electron chi connectivity index (χ0n) is 14.3. The van der Waals surface area contributed by atoms with Gasteiger partial charge < -0.3 is 10.1 Å². The van der Waals surface area contributed by atoms with Gasteiger partial charge in [0.2, 0.25) is 0 Å². The first kappa shape index (κ1) is 16.3. The van der Waals surface area contributed by atoms with Crippen LogP contribution in [0.5, 0.6) is 0 Å². The van der Waals surface area contributed by atoms with Crippen LogP contribution in [-0.4, -0.2) is 11.7 Å². The number of carbonyl (C=O) groups excluding carboxylic acids is 1. The summed E-state index contributed by atoms with van der Waals surface area (Å²) in [7, 11) is 0. The molecule has 0 aliphatic heterocycles. The van der Waals surface area contributed by atoms with Gasteiger partial charge in [-0.25, -0.2) is 4.79 Å². The van der Waals surface area contributed by atoms with Gasteiger partial charge in [0.15, 0.2) is 0 Å². The van der Waals surface area contributed by atoms with Crippen molar-refractivity contribution in [2.24, 2.45) is 0 Å². The van der Waals surface area contributed by atoms with Gasteiger partial charge in [-0.2, -0.15) is 0 Å². The average molecular weight is 321 g/mol. The van der Waals surface area contributed by atoms with E-state index < -0.39 is 11.7 Å². The number of alkyl carbamates (subject to hydrolysis) is 1.